The fourth-order valence-electron chi connectivity index (χ4n) is 1.57. The number of benzene rings is 1. The molecular formula is C12H10Cl2N2O2. The first-order valence-electron chi connectivity index (χ1n) is 5.07. The van der Waals surface area contributed by atoms with Crippen LogP contribution in [-0.2, 0) is 0 Å². The molecular weight excluding hydrogens is 275 g/mol. The number of ether oxygens (including phenoxy) is 2. The van der Waals surface area contributed by atoms with Crippen LogP contribution in [0.2, 0.25) is 10.3 Å². The molecule has 0 saturated heterocycles. The van der Waals surface area contributed by atoms with Gasteiger partial charge in [-0.25, -0.2) is 9.97 Å². The van der Waals surface area contributed by atoms with Crippen molar-refractivity contribution >= 4 is 23.2 Å². The third-order valence-electron chi connectivity index (χ3n) is 2.31. The first kappa shape index (κ1) is 12.9. The maximum atomic E-state index is 5.86. The summed E-state index contributed by atoms with van der Waals surface area (Å²) in [5.74, 6) is 1.52. The average Bonchev–Trinajstić information content (AvgIpc) is 2.36. The lowest BCUT2D eigenvalue weighted by molar-refractivity contribution is 0.356. The van der Waals surface area contributed by atoms with E-state index in [-0.39, 0.29) is 10.3 Å². The van der Waals surface area contributed by atoms with E-state index in [1.165, 1.54) is 6.07 Å². The summed E-state index contributed by atoms with van der Waals surface area (Å²) in [5, 5.41) is 0.546. The van der Waals surface area contributed by atoms with Gasteiger partial charge in [0.25, 0.3) is 0 Å². The Bertz CT molecular complexity index is 556. The van der Waals surface area contributed by atoms with Gasteiger partial charge in [0.05, 0.1) is 19.8 Å². The molecule has 6 heteroatoms. The lowest BCUT2D eigenvalue weighted by Gasteiger charge is -2.11. The van der Waals surface area contributed by atoms with Crippen LogP contribution in [0.1, 0.15) is 0 Å². The summed E-state index contributed by atoms with van der Waals surface area (Å²) in [6.07, 6.45) is 0. The van der Waals surface area contributed by atoms with Gasteiger partial charge < -0.3 is 9.47 Å². The predicted molar refractivity (Wildman–Crippen MR) is 70.6 cm³/mol. The Hall–Kier alpha value is -1.52. The molecule has 0 fully saturated rings. The number of halogens is 2. The molecule has 0 saturated carbocycles. The molecule has 1 heterocycles. The Balaban J connectivity index is 2.63. The minimum atomic E-state index is 0.273. The standard InChI is InChI=1S/C12H10Cl2N2O2/c1-17-8-5-3-4-7(11(8)18-2)12-15-9(13)6-10(14)16-12/h3-6H,1-2H3. The Morgan fingerprint density at radius 1 is 1.00 bits per heavy atom. The van der Waals surface area contributed by atoms with Gasteiger partial charge in [0.2, 0.25) is 0 Å². The zero-order valence-corrected chi connectivity index (χ0v) is 11.3. The third kappa shape index (κ3) is 2.49. The quantitative estimate of drug-likeness (QED) is 0.810. The predicted octanol–water partition coefficient (Wildman–Crippen LogP) is 3.47. The van der Waals surface area contributed by atoms with E-state index in [4.69, 9.17) is 32.7 Å². The van der Waals surface area contributed by atoms with Crippen LogP contribution in [-0.4, -0.2) is 24.2 Å². The van der Waals surface area contributed by atoms with Gasteiger partial charge in [-0.05, 0) is 12.1 Å². The van der Waals surface area contributed by atoms with Crippen LogP contribution < -0.4 is 9.47 Å². The summed E-state index contributed by atoms with van der Waals surface area (Å²) in [6.45, 7) is 0. The van der Waals surface area contributed by atoms with Gasteiger partial charge in [-0.3, -0.25) is 0 Å². The second-order valence-corrected chi connectivity index (χ2v) is 4.15. The second-order valence-electron chi connectivity index (χ2n) is 3.38. The summed E-state index contributed by atoms with van der Waals surface area (Å²) in [6, 6.07) is 6.88. The number of methoxy groups -OCH3 is 2. The number of hydrogen-bond donors (Lipinski definition) is 0. The Morgan fingerprint density at radius 3 is 2.22 bits per heavy atom. The molecule has 2 aromatic rings. The third-order valence-corrected chi connectivity index (χ3v) is 2.69. The van der Waals surface area contributed by atoms with Crippen LogP contribution in [0.15, 0.2) is 24.3 Å². The molecule has 1 aromatic carbocycles. The van der Waals surface area contributed by atoms with E-state index < -0.39 is 0 Å². The van der Waals surface area contributed by atoms with Crippen molar-refractivity contribution in [1.29, 1.82) is 0 Å². The molecule has 0 radical (unpaired) electrons. The molecule has 2 rings (SSSR count). The highest BCUT2D eigenvalue weighted by Gasteiger charge is 2.14. The van der Waals surface area contributed by atoms with Crippen LogP contribution in [0.25, 0.3) is 11.4 Å². The zero-order valence-electron chi connectivity index (χ0n) is 9.78. The molecule has 0 amide bonds. The minimum absolute atomic E-state index is 0.273. The molecule has 0 unspecified atom stereocenters. The van der Waals surface area contributed by atoms with Gasteiger partial charge in [0, 0.05) is 6.07 Å². The number of rotatable bonds is 3. The number of nitrogens with zero attached hydrogens (tertiary/aromatic N) is 2. The fourth-order valence-corrected chi connectivity index (χ4v) is 2.00. The highest BCUT2D eigenvalue weighted by Crippen LogP contribution is 2.36. The van der Waals surface area contributed by atoms with Crippen molar-refractivity contribution in [3.63, 3.8) is 0 Å². The van der Waals surface area contributed by atoms with Gasteiger partial charge >= 0.3 is 0 Å². The van der Waals surface area contributed by atoms with Gasteiger partial charge in [-0.1, -0.05) is 29.3 Å². The molecule has 94 valence electrons. The number of hydrogen-bond acceptors (Lipinski definition) is 4. The molecule has 0 N–H and O–H groups in total. The minimum Gasteiger partial charge on any atom is -0.493 e. The smallest absolute Gasteiger partial charge is 0.171 e. The van der Waals surface area contributed by atoms with Crippen LogP contribution in [0.5, 0.6) is 11.5 Å². The number of para-hydroxylation sites is 1. The summed E-state index contributed by atoms with van der Waals surface area (Å²) in [5.41, 5.74) is 0.668. The van der Waals surface area contributed by atoms with Crippen LogP contribution >= 0.6 is 23.2 Å². The Kier molecular flexibility index (Phi) is 3.89. The van der Waals surface area contributed by atoms with E-state index in [1.807, 2.05) is 12.1 Å². The average molecular weight is 285 g/mol. The van der Waals surface area contributed by atoms with Gasteiger partial charge in [0.1, 0.15) is 10.3 Å². The molecule has 0 aliphatic heterocycles. The zero-order chi connectivity index (χ0) is 13.1. The first-order valence-corrected chi connectivity index (χ1v) is 5.82. The van der Waals surface area contributed by atoms with Crippen molar-refractivity contribution in [3.8, 4) is 22.9 Å². The van der Waals surface area contributed by atoms with Crippen LogP contribution in [0, 0.1) is 0 Å². The molecule has 18 heavy (non-hydrogen) atoms. The highest BCUT2D eigenvalue weighted by molar-refractivity contribution is 6.33. The fraction of sp³-hybridized carbons (Fsp3) is 0.167. The van der Waals surface area contributed by atoms with Crippen molar-refractivity contribution in [2.75, 3.05) is 14.2 Å². The molecule has 0 aliphatic rings. The van der Waals surface area contributed by atoms with Crippen LogP contribution in [0.3, 0.4) is 0 Å². The highest BCUT2D eigenvalue weighted by atomic mass is 35.5. The topological polar surface area (TPSA) is 44.2 Å². The first-order chi connectivity index (χ1) is 8.65. The molecule has 0 atom stereocenters. The molecule has 1 aromatic heterocycles. The maximum absolute atomic E-state index is 5.86. The van der Waals surface area contributed by atoms with Crippen molar-refractivity contribution in [1.82, 2.24) is 9.97 Å². The largest absolute Gasteiger partial charge is 0.493 e. The van der Waals surface area contributed by atoms with E-state index >= 15 is 0 Å². The van der Waals surface area contributed by atoms with Crippen LogP contribution in [0.4, 0.5) is 0 Å². The van der Waals surface area contributed by atoms with Gasteiger partial charge in [-0.2, -0.15) is 0 Å². The summed E-state index contributed by atoms with van der Waals surface area (Å²) in [4.78, 5) is 8.25. The van der Waals surface area contributed by atoms with E-state index in [1.54, 1.807) is 20.3 Å². The van der Waals surface area contributed by atoms with Gasteiger partial charge in [0.15, 0.2) is 17.3 Å². The lowest BCUT2D eigenvalue weighted by atomic mass is 10.1. The van der Waals surface area contributed by atoms with Crippen molar-refractivity contribution in [3.05, 3.63) is 34.6 Å². The Labute approximate surface area is 114 Å². The SMILES string of the molecule is COc1cccc(-c2nc(Cl)cc(Cl)n2)c1OC. The van der Waals surface area contributed by atoms with E-state index in [2.05, 4.69) is 9.97 Å². The molecule has 0 spiro atoms. The monoisotopic (exact) mass is 284 g/mol. The maximum Gasteiger partial charge on any atom is 0.171 e. The number of aromatic nitrogens is 2. The van der Waals surface area contributed by atoms with E-state index in [9.17, 15) is 0 Å². The molecule has 0 bridgehead atoms. The normalized spacial score (nSPS) is 10.2. The summed E-state index contributed by atoms with van der Waals surface area (Å²) in [7, 11) is 3.11. The van der Waals surface area contributed by atoms with Crippen molar-refractivity contribution < 1.29 is 9.47 Å². The molecule has 0 aliphatic carbocycles. The van der Waals surface area contributed by atoms with Crippen molar-refractivity contribution in [2.45, 2.75) is 0 Å². The van der Waals surface area contributed by atoms with Gasteiger partial charge in [-0.15, -0.1) is 0 Å². The van der Waals surface area contributed by atoms with E-state index in [0.29, 0.717) is 22.9 Å². The summed E-state index contributed by atoms with van der Waals surface area (Å²) >= 11 is 11.7. The second kappa shape index (κ2) is 5.42. The molecule has 4 nitrogen and oxygen atoms in total. The van der Waals surface area contributed by atoms with E-state index in [0.717, 1.165) is 0 Å². The lowest BCUT2D eigenvalue weighted by Crippen LogP contribution is -1.96. The Morgan fingerprint density at radius 2 is 1.67 bits per heavy atom. The summed E-state index contributed by atoms with van der Waals surface area (Å²) < 4.78 is 10.5. The van der Waals surface area contributed by atoms with Crippen molar-refractivity contribution in [2.24, 2.45) is 0 Å².